The van der Waals surface area contributed by atoms with Crippen molar-refractivity contribution in [3.63, 3.8) is 0 Å². The first-order valence-electron chi connectivity index (χ1n) is 4.69. The number of ether oxygens (including phenoxy) is 1. The number of rotatable bonds is 1. The molecule has 1 saturated heterocycles. The maximum Gasteiger partial charge on any atom is 0.306 e. The fraction of sp³-hybridized carbons (Fsp3) is 0.364. The molecule has 1 aliphatic rings. The second-order valence-electron chi connectivity index (χ2n) is 3.83. The van der Waals surface area contributed by atoms with Crippen molar-refractivity contribution in [3.8, 4) is 0 Å². The molecule has 2 nitrogen and oxygen atoms in total. The molecule has 0 aliphatic carbocycles. The molecule has 1 atom stereocenters. The van der Waals surface area contributed by atoms with E-state index in [2.05, 4.69) is 15.9 Å². The van der Waals surface area contributed by atoms with Gasteiger partial charge in [-0.05, 0) is 19.1 Å². The highest BCUT2D eigenvalue weighted by atomic mass is 79.9. The van der Waals surface area contributed by atoms with Crippen molar-refractivity contribution in [2.75, 3.05) is 0 Å². The molecule has 1 fully saturated rings. The number of halogens is 2. The van der Waals surface area contributed by atoms with Crippen LogP contribution < -0.4 is 0 Å². The van der Waals surface area contributed by atoms with Crippen LogP contribution in [0.2, 0.25) is 0 Å². The average molecular weight is 273 g/mol. The summed E-state index contributed by atoms with van der Waals surface area (Å²) < 4.78 is 18.8. The summed E-state index contributed by atoms with van der Waals surface area (Å²) in [6.07, 6.45) is 1.05. The van der Waals surface area contributed by atoms with Crippen LogP contribution in [0, 0.1) is 5.82 Å². The Kier molecular flexibility index (Phi) is 2.54. The molecule has 0 amide bonds. The summed E-state index contributed by atoms with van der Waals surface area (Å²) in [5.74, 6) is -0.507. The lowest BCUT2D eigenvalue weighted by Crippen LogP contribution is -2.21. The number of hydrogen-bond acceptors (Lipinski definition) is 2. The van der Waals surface area contributed by atoms with Gasteiger partial charge in [0.05, 0.1) is 0 Å². The van der Waals surface area contributed by atoms with E-state index in [0.29, 0.717) is 17.3 Å². The number of hydrogen-bond donors (Lipinski definition) is 0. The van der Waals surface area contributed by atoms with Gasteiger partial charge in [0.15, 0.2) is 0 Å². The minimum Gasteiger partial charge on any atom is -0.454 e. The number of carbonyl (C=O) groups excluding carboxylic acids is 1. The second-order valence-corrected chi connectivity index (χ2v) is 4.68. The van der Waals surface area contributed by atoms with E-state index in [0.717, 1.165) is 5.56 Å². The van der Waals surface area contributed by atoms with Crippen LogP contribution in [0.3, 0.4) is 0 Å². The van der Waals surface area contributed by atoms with Gasteiger partial charge in [0.25, 0.3) is 0 Å². The highest BCUT2D eigenvalue weighted by Gasteiger charge is 2.38. The summed E-state index contributed by atoms with van der Waals surface area (Å²) in [4.78, 5) is 11.1. The number of esters is 1. The van der Waals surface area contributed by atoms with E-state index in [-0.39, 0.29) is 11.8 Å². The summed E-state index contributed by atoms with van der Waals surface area (Å²) in [6, 6.07) is 4.41. The summed E-state index contributed by atoms with van der Waals surface area (Å²) in [6.45, 7) is 1.84. The predicted molar refractivity (Wildman–Crippen MR) is 56.8 cm³/mol. The summed E-state index contributed by atoms with van der Waals surface area (Å²) in [5.41, 5.74) is 0.193. The molecule has 1 aromatic carbocycles. The van der Waals surface area contributed by atoms with Crippen LogP contribution in [-0.4, -0.2) is 5.97 Å². The molecule has 1 heterocycles. The van der Waals surface area contributed by atoms with E-state index in [1.165, 1.54) is 12.1 Å². The molecule has 0 saturated carbocycles. The standard InChI is InChI=1S/C11H10BrFO2/c1-11(5-4-10(14)15-11)8-3-2-7(13)6-9(8)12/h2-3,6H,4-5H2,1H3. The lowest BCUT2D eigenvalue weighted by atomic mass is 9.93. The summed E-state index contributed by atoms with van der Waals surface area (Å²) in [7, 11) is 0. The fourth-order valence-corrected chi connectivity index (χ4v) is 2.57. The van der Waals surface area contributed by atoms with Gasteiger partial charge < -0.3 is 4.74 Å². The van der Waals surface area contributed by atoms with Crippen LogP contribution in [0.15, 0.2) is 22.7 Å². The molecule has 0 N–H and O–H groups in total. The van der Waals surface area contributed by atoms with Crippen LogP contribution in [0.5, 0.6) is 0 Å². The van der Waals surface area contributed by atoms with Gasteiger partial charge in [0, 0.05) is 22.9 Å². The van der Waals surface area contributed by atoms with Crippen LogP contribution in [-0.2, 0) is 15.1 Å². The molecule has 0 radical (unpaired) electrons. The third kappa shape index (κ3) is 1.91. The van der Waals surface area contributed by atoms with Gasteiger partial charge in [0.1, 0.15) is 11.4 Å². The third-order valence-electron chi connectivity index (χ3n) is 2.65. The molecule has 0 aromatic heterocycles. The number of cyclic esters (lactones) is 1. The lowest BCUT2D eigenvalue weighted by molar-refractivity contribution is -0.147. The maximum absolute atomic E-state index is 12.9. The molecule has 1 aliphatic heterocycles. The predicted octanol–water partition coefficient (Wildman–Crippen LogP) is 3.14. The Labute approximate surface area is 95.6 Å². The molecular formula is C11H10BrFO2. The molecule has 2 rings (SSSR count). The Hall–Kier alpha value is -0.900. The molecule has 0 spiro atoms. The van der Waals surface area contributed by atoms with Crippen LogP contribution in [0.1, 0.15) is 25.3 Å². The largest absolute Gasteiger partial charge is 0.454 e. The minimum absolute atomic E-state index is 0.200. The van der Waals surface area contributed by atoms with E-state index < -0.39 is 5.60 Å². The van der Waals surface area contributed by atoms with E-state index in [4.69, 9.17) is 4.74 Å². The molecule has 15 heavy (non-hydrogen) atoms. The Morgan fingerprint density at radius 1 is 1.53 bits per heavy atom. The van der Waals surface area contributed by atoms with Gasteiger partial charge in [-0.15, -0.1) is 0 Å². The number of benzene rings is 1. The normalized spacial score (nSPS) is 25.4. The highest BCUT2D eigenvalue weighted by Crippen LogP contribution is 2.39. The highest BCUT2D eigenvalue weighted by molar-refractivity contribution is 9.10. The first kappa shape index (κ1) is 10.6. The van der Waals surface area contributed by atoms with Gasteiger partial charge in [-0.1, -0.05) is 22.0 Å². The monoisotopic (exact) mass is 272 g/mol. The van der Waals surface area contributed by atoms with Crippen molar-refractivity contribution in [2.24, 2.45) is 0 Å². The molecule has 1 unspecified atom stereocenters. The van der Waals surface area contributed by atoms with Gasteiger partial charge in [0.2, 0.25) is 0 Å². The zero-order valence-corrected chi connectivity index (χ0v) is 9.80. The lowest BCUT2D eigenvalue weighted by Gasteiger charge is -2.24. The SMILES string of the molecule is CC1(c2ccc(F)cc2Br)CCC(=O)O1. The zero-order chi connectivity index (χ0) is 11.1. The van der Waals surface area contributed by atoms with Crippen LogP contribution >= 0.6 is 15.9 Å². The molecule has 1 aromatic rings. The zero-order valence-electron chi connectivity index (χ0n) is 8.22. The Bertz CT molecular complexity index is 419. The van der Waals surface area contributed by atoms with Crippen molar-refractivity contribution < 1.29 is 13.9 Å². The minimum atomic E-state index is -0.621. The smallest absolute Gasteiger partial charge is 0.306 e. The van der Waals surface area contributed by atoms with E-state index >= 15 is 0 Å². The van der Waals surface area contributed by atoms with Gasteiger partial charge in [-0.3, -0.25) is 4.79 Å². The van der Waals surface area contributed by atoms with Crippen molar-refractivity contribution in [1.82, 2.24) is 0 Å². The first-order valence-corrected chi connectivity index (χ1v) is 5.48. The van der Waals surface area contributed by atoms with E-state index in [9.17, 15) is 9.18 Å². The van der Waals surface area contributed by atoms with E-state index in [1.54, 1.807) is 6.07 Å². The van der Waals surface area contributed by atoms with Crippen LogP contribution in [0.25, 0.3) is 0 Å². The van der Waals surface area contributed by atoms with Crippen LogP contribution in [0.4, 0.5) is 4.39 Å². The summed E-state index contributed by atoms with van der Waals surface area (Å²) >= 11 is 3.28. The quantitative estimate of drug-likeness (QED) is 0.735. The molecule has 0 bridgehead atoms. The van der Waals surface area contributed by atoms with E-state index in [1.807, 2.05) is 6.92 Å². The van der Waals surface area contributed by atoms with Crippen molar-refractivity contribution in [3.05, 3.63) is 34.1 Å². The van der Waals surface area contributed by atoms with Gasteiger partial charge >= 0.3 is 5.97 Å². The first-order chi connectivity index (χ1) is 7.01. The molecular weight excluding hydrogens is 263 g/mol. The van der Waals surface area contributed by atoms with Crippen molar-refractivity contribution >= 4 is 21.9 Å². The number of carbonyl (C=O) groups is 1. The second kappa shape index (κ2) is 3.59. The molecule has 80 valence electrons. The van der Waals surface area contributed by atoms with Crippen molar-refractivity contribution in [1.29, 1.82) is 0 Å². The molecule has 4 heteroatoms. The third-order valence-corrected chi connectivity index (χ3v) is 3.30. The average Bonchev–Trinajstić information content (AvgIpc) is 2.46. The van der Waals surface area contributed by atoms with Gasteiger partial charge in [-0.2, -0.15) is 0 Å². The topological polar surface area (TPSA) is 26.3 Å². The fourth-order valence-electron chi connectivity index (χ4n) is 1.80. The van der Waals surface area contributed by atoms with Gasteiger partial charge in [-0.25, -0.2) is 4.39 Å². The Morgan fingerprint density at radius 3 is 2.80 bits per heavy atom. The maximum atomic E-state index is 12.9. The Balaban J connectivity index is 2.41. The van der Waals surface area contributed by atoms with Crippen molar-refractivity contribution in [2.45, 2.75) is 25.4 Å². The summed E-state index contributed by atoms with van der Waals surface area (Å²) in [5, 5.41) is 0. The Morgan fingerprint density at radius 2 is 2.27 bits per heavy atom.